The van der Waals surface area contributed by atoms with Gasteiger partial charge in [0.15, 0.2) is 17.1 Å². The molecule has 2 amide bonds. The van der Waals surface area contributed by atoms with Gasteiger partial charge in [-0.15, -0.1) is 11.8 Å². The van der Waals surface area contributed by atoms with Crippen LogP contribution in [0.25, 0.3) is 0 Å². The Hall–Kier alpha value is -2.42. The van der Waals surface area contributed by atoms with E-state index in [1.807, 2.05) is 39.8 Å². The second-order valence-corrected chi connectivity index (χ2v) is 10.6. The number of rotatable bonds is 10. The van der Waals surface area contributed by atoms with Gasteiger partial charge in [0.1, 0.15) is 17.5 Å². The molecule has 2 heterocycles. The van der Waals surface area contributed by atoms with Crippen LogP contribution in [0, 0.1) is 0 Å². The molecule has 0 aliphatic carbocycles. The van der Waals surface area contributed by atoms with Crippen LogP contribution < -0.4 is 14.8 Å². The highest BCUT2D eigenvalue weighted by Crippen LogP contribution is 2.51. The highest BCUT2D eigenvalue weighted by atomic mass is 32.2. The first kappa shape index (κ1) is 24.2. The lowest BCUT2D eigenvalue weighted by atomic mass is 9.89. The van der Waals surface area contributed by atoms with Crippen molar-refractivity contribution < 1.29 is 29.0 Å². The molecule has 2 N–H and O–H groups in total. The highest BCUT2D eigenvalue weighted by molar-refractivity contribution is 8.01. The number of carboxylic acids is 1. The zero-order valence-electron chi connectivity index (χ0n) is 19.2. The molecule has 0 saturated carbocycles. The third-order valence-corrected chi connectivity index (χ3v) is 7.63. The van der Waals surface area contributed by atoms with Gasteiger partial charge in [-0.2, -0.15) is 0 Å². The van der Waals surface area contributed by atoms with E-state index in [-0.39, 0.29) is 11.8 Å². The van der Waals surface area contributed by atoms with Gasteiger partial charge in [0, 0.05) is 4.75 Å². The number of carbonyl (C=O) groups excluding carboxylic acids is 2. The minimum absolute atomic E-state index is 0.359. The van der Waals surface area contributed by atoms with Gasteiger partial charge in [-0.25, -0.2) is 4.79 Å². The Morgan fingerprint density at radius 3 is 2.31 bits per heavy atom. The van der Waals surface area contributed by atoms with E-state index in [0.717, 1.165) is 0 Å². The smallest absolute Gasteiger partial charge is 0.327 e. The number of aliphatic carboxylic acids is 1. The van der Waals surface area contributed by atoms with E-state index in [4.69, 9.17) is 9.47 Å². The summed E-state index contributed by atoms with van der Waals surface area (Å²) in [6.07, 6.45) is 2.35. The molecule has 1 aromatic carbocycles. The first-order valence-electron chi connectivity index (χ1n) is 11.0. The summed E-state index contributed by atoms with van der Waals surface area (Å²) in [6.45, 7) is 7.58. The summed E-state index contributed by atoms with van der Waals surface area (Å²) >= 11 is 1.40. The fraction of sp³-hybridized carbons (Fsp3) is 0.609. The number of amides is 2. The van der Waals surface area contributed by atoms with Crippen molar-refractivity contribution in [3.63, 3.8) is 0 Å². The van der Waals surface area contributed by atoms with E-state index in [1.165, 1.54) is 16.7 Å². The molecule has 0 spiro atoms. The van der Waals surface area contributed by atoms with Crippen molar-refractivity contribution in [1.29, 1.82) is 0 Å². The number of carbonyl (C=O) groups is 3. The summed E-state index contributed by atoms with van der Waals surface area (Å²) in [5, 5.41) is 12.1. The minimum Gasteiger partial charge on any atom is -0.493 e. The molecule has 176 valence electrons. The van der Waals surface area contributed by atoms with Crippen LogP contribution in [-0.2, 0) is 14.4 Å². The number of para-hydroxylation sites is 2. The monoisotopic (exact) mass is 464 g/mol. The summed E-state index contributed by atoms with van der Waals surface area (Å²) in [4.78, 5) is 39.6. The molecular formula is C23H32N2O6S. The molecule has 2 fully saturated rings. The number of benzene rings is 1. The van der Waals surface area contributed by atoms with Gasteiger partial charge in [-0.3, -0.25) is 9.59 Å². The number of carboxylic acid groups (broad SMARTS) is 1. The third-order valence-electron chi connectivity index (χ3n) is 6.06. The molecule has 3 atom stereocenters. The number of thioether (sulfide) groups is 1. The Morgan fingerprint density at radius 1 is 1.19 bits per heavy atom. The van der Waals surface area contributed by atoms with E-state index in [2.05, 4.69) is 5.32 Å². The lowest BCUT2D eigenvalue weighted by Crippen LogP contribution is -2.72. The number of β-lactam (4-membered cyclic amide) rings is 1. The maximum Gasteiger partial charge on any atom is 0.327 e. The van der Waals surface area contributed by atoms with E-state index >= 15 is 0 Å². The molecule has 1 aromatic rings. The molecular weight excluding hydrogens is 432 g/mol. The van der Waals surface area contributed by atoms with Crippen LogP contribution in [0.2, 0.25) is 0 Å². The highest BCUT2D eigenvalue weighted by Gasteiger charge is 2.64. The van der Waals surface area contributed by atoms with Crippen molar-refractivity contribution in [2.45, 2.75) is 81.2 Å². The Kier molecular flexibility index (Phi) is 6.97. The maximum atomic E-state index is 13.6. The SMILES string of the molecule is CCCC(CCC)(Oc1ccccc1OC)C(=O)N[C@@H]1C(=O)N2[C@@H]1SC(C)(C)[C@@H]2C(=O)O. The van der Waals surface area contributed by atoms with Gasteiger partial charge in [-0.1, -0.05) is 38.8 Å². The normalized spacial score (nSPS) is 23.8. The zero-order valence-corrected chi connectivity index (χ0v) is 20.0. The Morgan fingerprint density at radius 2 is 1.78 bits per heavy atom. The number of fused-ring (bicyclic) bond motifs is 1. The van der Waals surface area contributed by atoms with Crippen molar-refractivity contribution in [3.8, 4) is 11.5 Å². The predicted octanol–water partition coefficient (Wildman–Crippen LogP) is 3.04. The van der Waals surface area contributed by atoms with Crippen LogP contribution in [-0.4, -0.2) is 62.7 Å². The molecule has 0 bridgehead atoms. The predicted molar refractivity (Wildman–Crippen MR) is 122 cm³/mol. The molecule has 9 heteroatoms. The summed E-state index contributed by atoms with van der Waals surface area (Å²) in [6, 6.07) is 5.48. The molecule has 2 aliphatic heterocycles. The first-order chi connectivity index (χ1) is 15.1. The van der Waals surface area contributed by atoms with Crippen LogP contribution in [0.3, 0.4) is 0 Å². The average molecular weight is 465 g/mol. The van der Waals surface area contributed by atoms with E-state index in [9.17, 15) is 19.5 Å². The molecule has 32 heavy (non-hydrogen) atoms. The summed E-state index contributed by atoms with van der Waals surface area (Å²) in [5.41, 5.74) is -1.16. The Balaban J connectivity index is 1.85. The minimum atomic E-state index is -1.16. The van der Waals surface area contributed by atoms with Crippen molar-refractivity contribution >= 4 is 29.5 Å². The summed E-state index contributed by atoms with van der Waals surface area (Å²) < 4.78 is 11.1. The maximum absolute atomic E-state index is 13.6. The molecule has 0 unspecified atom stereocenters. The van der Waals surface area contributed by atoms with Gasteiger partial charge in [-0.05, 0) is 38.8 Å². The number of nitrogens with one attached hydrogen (secondary N) is 1. The van der Waals surface area contributed by atoms with Crippen molar-refractivity contribution in [2.24, 2.45) is 0 Å². The quantitative estimate of drug-likeness (QED) is 0.513. The van der Waals surface area contributed by atoms with Crippen molar-refractivity contribution in [1.82, 2.24) is 10.2 Å². The molecule has 2 saturated heterocycles. The lowest BCUT2D eigenvalue weighted by Gasteiger charge is -2.45. The van der Waals surface area contributed by atoms with Crippen molar-refractivity contribution in [2.75, 3.05) is 7.11 Å². The first-order valence-corrected chi connectivity index (χ1v) is 11.9. The lowest BCUT2D eigenvalue weighted by molar-refractivity contribution is -0.162. The fourth-order valence-corrected chi connectivity index (χ4v) is 6.27. The second-order valence-electron chi connectivity index (χ2n) is 8.80. The largest absolute Gasteiger partial charge is 0.493 e. The molecule has 8 nitrogen and oxygen atoms in total. The van der Waals surface area contributed by atoms with E-state index in [1.54, 1.807) is 19.2 Å². The van der Waals surface area contributed by atoms with Gasteiger partial charge in [0.2, 0.25) is 5.91 Å². The average Bonchev–Trinajstić information content (AvgIpc) is 3.00. The summed E-state index contributed by atoms with van der Waals surface area (Å²) in [7, 11) is 1.54. The number of hydrogen-bond donors (Lipinski definition) is 2. The fourth-order valence-electron chi connectivity index (χ4n) is 4.64. The second kappa shape index (κ2) is 9.21. The molecule has 2 aliphatic rings. The van der Waals surface area contributed by atoms with E-state index in [0.29, 0.717) is 37.2 Å². The molecule has 0 aromatic heterocycles. The van der Waals surface area contributed by atoms with Gasteiger partial charge < -0.3 is 24.8 Å². The molecule has 0 radical (unpaired) electrons. The van der Waals surface area contributed by atoms with E-state index < -0.39 is 33.8 Å². The standard InChI is InChI=1S/C23H32N2O6S/c1-6-12-23(13-7-2,31-15-11-9-8-10-14(15)30-5)21(29)24-16-18(26)25-17(20(27)28)22(3,4)32-19(16)25/h8-11,16-17,19H,6-7,12-13H2,1-5H3,(H,24,29)(H,27,28)/t16-,17+,19-/m1/s1. The van der Waals surface area contributed by atoms with Crippen LogP contribution in [0.5, 0.6) is 11.5 Å². The van der Waals surface area contributed by atoms with Gasteiger partial charge in [0.05, 0.1) is 7.11 Å². The van der Waals surface area contributed by atoms with Gasteiger partial charge in [0.25, 0.3) is 5.91 Å². The Labute approximate surface area is 193 Å². The van der Waals surface area contributed by atoms with Crippen molar-refractivity contribution in [3.05, 3.63) is 24.3 Å². The number of ether oxygens (including phenoxy) is 2. The Bertz CT molecular complexity index is 883. The van der Waals surface area contributed by atoms with Gasteiger partial charge >= 0.3 is 5.97 Å². The summed E-state index contributed by atoms with van der Waals surface area (Å²) in [5.74, 6) is -0.764. The topological polar surface area (TPSA) is 105 Å². The van der Waals surface area contributed by atoms with Crippen LogP contribution >= 0.6 is 11.8 Å². The number of nitrogens with zero attached hydrogens (tertiary/aromatic N) is 1. The number of methoxy groups -OCH3 is 1. The number of hydrogen-bond acceptors (Lipinski definition) is 6. The van der Waals surface area contributed by atoms with Crippen LogP contribution in [0.1, 0.15) is 53.4 Å². The molecule has 3 rings (SSSR count). The zero-order chi connectivity index (χ0) is 23.7. The van der Waals surface area contributed by atoms with Crippen LogP contribution in [0.15, 0.2) is 24.3 Å². The van der Waals surface area contributed by atoms with Crippen LogP contribution in [0.4, 0.5) is 0 Å². The third kappa shape index (κ3) is 4.14.